The molecule has 0 bridgehead atoms. The molecule has 0 radical (unpaired) electrons. The number of rotatable bonds is 4. The Bertz CT molecular complexity index is 375. The molecule has 0 saturated carbocycles. The predicted octanol–water partition coefficient (Wildman–Crippen LogP) is -0.388. The van der Waals surface area contributed by atoms with Crippen molar-refractivity contribution in [3.63, 3.8) is 0 Å². The highest BCUT2D eigenvalue weighted by Gasteiger charge is 2.25. The van der Waals surface area contributed by atoms with Gasteiger partial charge in [0.15, 0.2) is 0 Å². The van der Waals surface area contributed by atoms with Gasteiger partial charge in [0.2, 0.25) is 11.8 Å². The first-order chi connectivity index (χ1) is 9.58. The summed E-state index contributed by atoms with van der Waals surface area (Å²) in [5.74, 6) is -0.0837. The number of nitrogens with two attached hydrogens (primary N) is 1. The Kier molecular flexibility index (Phi) is 4.94. The molecule has 7 heteroatoms. The van der Waals surface area contributed by atoms with Crippen LogP contribution in [0.15, 0.2) is 0 Å². The van der Waals surface area contributed by atoms with Gasteiger partial charge in [-0.15, -0.1) is 0 Å². The van der Waals surface area contributed by atoms with Gasteiger partial charge in [-0.3, -0.25) is 19.4 Å². The number of piperidine rings is 1. The minimum atomic E-state index is -0.367. The van der Waals surface area contributed by atoms with E-state index >= 15 is 0 Å². The van der Waals surface area contributed by atoms with Gasteiger partial charge in [0.25, 0.3) is 0 Å². The summed E-state index contributed by atoms with van der Waals surface area (Å²) in [7, 11) is 0. The first-order valence-corrected chi connectivity index (χ1v) is 7.18. The average Bonchev–Trinajstić information content (AvgIpc) is 2.42. The van der Waals surface area contributed by atoms with E-state index in [0.29, 0.717) is 38.9 Å². The van der Waals surface area contributed by atoms with Gasteiger partial charge in [0, 0.05) is 45.6 Å². The molecule has 0 spiro atoms. The molecule has 0 atom stereocenters. The summed E-state index contributed by atoms with van der Waals surface area (Å²) in [6.07, 6.45) is 2.45. The van der Waals surface area contributed by atoms with Gasteiger partial charge in [0.1, 0.15) is 0 Å². The van der Waals surface area contributed by atoms with Crippen LogP contribution >= 0.6 is 0 Å². The normalized spacial score (nSPS) is 21.4. The molecule has 2 aliphatic heterocycles. The molecule has 2 aliphatic rings. The van der Waals surface area contributed by atoms with Crippen LogP contribution in [0.25, 0.3) is 0 Å². The topological polar surface area (TPSA) is 87.0 Å². The predicted molar refractivity (Wildman–Crippen MR) is 72.8 cm³/mol. The van der Waals surface area contributed by atoms with E-state index in [1.165, 1.54) is 4.90 Å². The largest absolute Gasteiger partial charge is 0.351 e. The van der Waals surface area contributed by atoms with Crippen molar-refractivity contribution in [2.24, 2.45) is 5.73 Å². The Labute approximate surface area is 118 Å². The fourth-order valence-corrected chi connectivity index (χ4v) is 2.69. The van der Waals surface area contributed by atoms with Crippen molar-refractivity contribution in [3.8, 4) is 0 Å². The molecule has 0 aromatic carbocycles. The number of likely N-dealkylation sites (tertiary alicyclic amines) is 1. The maximum atomic E-state index is 11.6. The molecule has 7 nitrogen and oxygen atoms in total. The van der Waals surface area contributed by atoms with E-state index in [4.69, 9.17) is 5.73 Å². The van der Waals surface area contributed by atoms with E-state index in [2.05, 4.69) is 4.90 Å². The number of imide groups is 1. The smallest absolute Gasteiger partial charge is 0.314 e. The van der Waals surface area contributed by atoms with E-state index in [1.807, 2.05) is 0 Å². The zero-order valence-electron chi connectivity index (χ0n) is 11.7. The Morgan fingerprint density at radius 3 is 2.15 bits per heavy atom. The van der Waals surface area contributed by atoms with Crippen LogP contribution in [0, 0.1) is 0 Å². The zero-order valence-corrected chi connectivity index (χ0v) is 11.7. The Morgan fingerprint density at radius 1 is 1.00 bits per heavy atom. The highest BCUT2D eigenvalue weighted by molar-refractivity contribution is 5.97. The number of primary amides is 1. The van der Waals surface area contributed by atoms with E-state index in [1.54, 1.807) is 4.90 Å². The first-order valence-electron chi connectivity index (χ1n) is 7.18. The van der Waals surface area contributed by atoms with Crippen molar-refractivity contribution in [1.29, 1.82) is 0 Å². The summed E-state index contributed by atoms with van der Waals surface area (Å²) in [5.41, 5.74) is 5.23. The molecule has 0 aliphatic carbocycles. The van der Waals surface area contributed by atoms with Crippen molar-refractivity contribution in [3.05, 3.63) is 0 Å². The molecule has 112 valence electrons. The van der Waals surface area contributed by atoms with Gasteiger partial charge < -0.3 is 10.6 Å². The molecule has 2 N–H and O–H groups in total. The molecule has 20 heavy (non-hydrogen) atoms. The summed E-state index contributed by atoms with van der Waals surface area (Å²) in [5, 5.41) is 0. The molecular weight excluding hydrogens is 260 g/mol. The molecule has 2 heterocycles. The van der Waals surface area contributed by atoms with Crippen molar-refractivity contribution < 1.29 is 14.4 Å². The van der Waals surface area contributed by atoms with Crippen molar-refractivity contribution in [1.82, 2.24) is 14.7 Å². The van der Waals surface area contributed by atoms with Crippen LogP contribution in [0.1, 0.15) is 25.7 Å². The quantitative estimate of drug-likeness (QED) is 0.712. The van der Waals surface area contributed by atoms with Crippen LogP contribution in [0.4, 0.5) is 4.79 Å². The number of hydrogen-bond acceptors (Lipinski definition) is 4. The van der Waals surface area contributed by atoms with Gasteiger partial charge in [-0.1, -0.05) is 0 Å². The third kappa shape index (κ3) is 3.69. The number of piperazine rings is 1. The number of nitrogens with zero attached hydrogens (tertiary/aromatic N) is 3. The van der Waals surface area contributed by atoms with Gasteiger partial charge in [-0.25, -0.2) is 4.79 Å². The van der Waals surface area contributed by atoms with E-state index in [-0.39, 0.29) is 17.8 Å². The van der Waals surface area contributed by atoms with Crippen molar-refractivity contribution in [2.45, 2.75) is 25.7 Å². The molecule has 2 fully saturated rings. The molecule has 2 rings (SSSR count). The standard InChI is InChI=1S/C13H22N4O3/c14-13(20)16-9-7-15(8-10-16)5-2-6-17-11(18)3-1-4-12(17)19/h1-10H2,(H2,14,20). The van der Waals surface area contributed by atoms with Crippen LogP contribution in [0.2, 0.25) is 0 Å². The summed E-state index contributed by atoms with van der Waals surface area (Å²) in [4.78, 5) is 39.5. The second kappa shape index (κ2) is 6.69. The number of carbonyl (C=O) groups is 3. The second-order valence-corrected chi connectivity index (χ2v) is 5.31. The number of carbonyl (C=O) groups excluding carboxylic acids is 3. The minimum absolute atomic E-state index is 0.0419. The first kappa shape index (κ1) is 14.8. The van der Waals surface area contributed by atoms with Crippen molar-refractivity contribution >= 4 is 17.8 Å². The zero-order chi connectivity index (χ0) is 14.5. The number of amides is 4. The summed E-state index contributed by atoms with van der Waals surface area (Å²) in [6, 6.07) is -0.367. The monoisotopic (exact) mass is 282 g/mol. The lowest BCUT2D eigenvalue weighted by molar-refractivity contribution is -0.148. The summed E-state index contributed by atoms with van der Waals surface area (Å²) < 4.78 is 0. The third-order valence-electron chi connectivity index (χ3n) is 3.92. The number of urea groups is 1. The Balaban J connectivity index is 1.67. The highest BCUT2D eigenvalue weighted by atomic mass is 16.2. The van der Waals surface area contributed by atoms with E-state index in [0.717, 1.165) is 26.1 Å². The van der Waals surface area contributed by atoms with Crippen LogP contribution in [-0.2, 0) is 9.59 Å². The Hall–Kier alpha value is -1.63. The van der Waals surface area contributed by atoms with Crippen LogP contribution in [0.5, 0.6) is 0 Å². The fraction of sp³-hybridized carbons (Fsp3) is 0.769. The molecule has 0 aromatic heterocycles. The van der Waals surface area contributed by atoms with Crippen LogP contribution < -0.4 is 5.73 Å². The molecule has 0 aromatic rings. The maximum Gasteiger partial charge on any atom is 0.314 e. The second-order valence-electron chi connectivity index (χ2n) is 5.31. The molecule has 0 unspecified atom stereocenters. The third-order valence-corrected chi connectivity index (χ3v) is 3.92. The lowest BCUT2D eigenvalue weighted by Gasteiger charge is -2.34. The Morgan fingerprint density at radius 2 is 1.60 bits per heavy atom. The fourth-order valence-electron chi connectivity index (χ4n) is 2.69. The maximum absolute atomic E-state index is 11.6. The average molecular weight is 282 g/mol. The van der Waals surface area contributed by atoms with Gasteiger partial charge >= 0.3 is 6.03 Å². The lowest BCUT2D eigenvalue weighted by Crippen LogP contribution is -2.51. The van der Waals surface area contributed by atoms with Gasteiger partial charge in [-0.05, 0) is 19.4 Å². The van der Waals surface area contributed by atoms with Gasteiger partial charge in [-0.2, -0.15) is 0 Å². The lowest BCUT2D eigenvalue weighted by atomic mass is 10.1. The summed E-state index contributed by atoms with van der Waals surface area (Å²) >= 11 is 0. The molecular formula is C13H22N4O3. The SMILES string of the molecule is NC(=O)N1CCN(CCCN2C(=O)CCCC2=O)CC1. The molecule has 2 saturated heterocycles. The van der Waals surface area contributed by atoms with Gasteiger partial charge in [0.05, 0.1) is 0 Å². The minimum Gasteiger partial charge on any atom is -0.351 e. The number of hydrogen-bond donors (Lipinski definition) is 1. The summed E-state index contributed by atoms with van der Waals surface area (Å²) in [6.45, 7) is 4.24. The molecule has 4 amide bonds. The van der Waals surface area contributed by atoms with E-state index in [9.17, 15) is 14.4 Å². The van der Waals surface area contributed by atoms with E-state index < -0.39 is 0 Å². The highest BCUT2D eigenvalue weighted by Crippen LogP contribution is 2.12. The van der Waals surface area contributed by atoms with Crippen molar-refractivity contribution in [2.75, 3.05) is 39.3 Å². The van der Waals surface area contributed by atoms with Crippen LogP contribution in [-0.4, -0.2) is 71.8 Å². The van der Waals surface area contributed by atoms with Crippen LogP contribution in [0.3, 0.4) is 0 Å².